The van der Waals surface area contributed by atoms with Gasteiger partial charge in [-0.15, -0.1) is 0 Å². The lowest BCUT2D eigenvalue weighted by Gasteiger charge is -2.45. The van der Waals surface area contributed by atoms with Crippen LogP contribution in [0.1, 0.15) is 70.0 Å². The third kappa shape index (κ3) is 5.61. The maximum absolute atomic E-state index is 13.2. The zero-order valence-electron chi connectivity index (χ0n) is 18.4. The van der Waals surface area contributed by atoms with Gasteiger partial charge in [0.15, 0.2) is 0 Å². The van der Waals surface area contributed by atoms with Crippen molar-refractivity contribution in [1.29, 1.82) is 0 Å². The van der Waals surface area contributed by atoms with Crippen LogP contribution in [0.4, 0.5) is 0 Å². The summed E-state index contributed by atoms with van der Waals surface area (Å²) in [4.78, 5) is 28.1. The predicted octanol–water partition coefficient (Wildman–Crippen LogP) is 6.56. The molecule has 1 aliphatic rings. The summed E-state index contributed by atoms with van der Waals surface area (Å²) in [5.74, 6) is -0.431. The van der Waals surface area contributed by atoms with Gasteiger partial charge in [-0.3, -0.25) is 4.79 Å². The summed E-state index contributed by atoms with van der Waals surface area (Å²) in [6.45, 7) is 7.41. The Morgan fingerprint density at radius 2 is 1.77 bits per heavy atom. The van der Waals surface area contributed by atoms with Crippen LogP contribution in [0.25, 0.3) is 0 Å². The molecule has 3 atom stereocenters. The highest BCUT2D eigenvalue weighted by Gasteiger charge is 2.44. The van der Waals surface area contributed by atoms with Gasteiger partial charge in [0, 0.05) is 22.4 Å². The molecule has 4 nitrogen and oxygen atoms in total. The standard InChI is InChI=1S/C25H29Cl2NO3/c1-5-21(24(30)31-25(2,3)4)28-22(29)14-13-20(17-7-6-8-19(27)15-17)23(28)16-9-11-18(26)12-10-16/h6-12,15,20-21,23H,5,13-14H2,1-4H3/t20-,21?,23-/m1/s1. The van der Waals surface area contributed by atoms with E-state index in [9.17, 15) is 9.59 Å². The molecule has 3 rings (SSSR count). The number of piperidine rings is 1. The van der Waals surface area contributed by atoms with Crippen molar-refractivity contribution in [3.05, 3.63) is 69.7 Å². The Morgan fingerprint density at radius 1 is 1.10 bits per heavy atom. The summed E-state index contributed by atoms with van der Waals surface area (Å²) in [6, 6.07) is 14.2. The second kappa shape index (κ2) is 9.62. The van der Waals surface area contributed by atoms with E-state index in [2.05, 4.69) is 0 Å². The van der Waals surface area contributed by atoms with Crippen LogP contribution in [0.3, 0.4) is 0 Å². The van der Waals surface area contributed by atoms with Crippen molar-refractivity contribution >= 4 is 35.1 Å². The van der Waals surface area contributed by atoms with Crippen LogP contribution in [0, 0.1) is 0 Å². The van der Waals surface area contributed by atoms with Crippen LogP contribution in [0.2, 0.25) is 10.0 Å². The molecule has 1 fully saturated rings. The smallest absolute Gasteiger partial charge is 0.329 e. The second-order valence-electron chi connectivity index (χ2n) is 8.96. The average molecular weight is 462 g/mol. The number of rotatable bonds is 5. The molecule has 0 N–H and O–H groups in total. The minimum absolute atomic E-state index is 0.00550. The van der Waals surface area contributed by atoms with Crippen LogP contribution >= 0.6 is 23.2 Å². The highest BCUT2D eigenvalue weighted by Crippen LogP contribution is 2.45. The van der Waals surface area contributed by atoms with E-state index in [0.29, 0.717) is 29.3 Å². The van der Waals surface area contributed by atoms with E-state index in [4.69, 9.17) is 27.9 Å². The number of likely N-dealkylation sites (tertiary alicyclic amines) is 1. The molecule has 2 aromatic carbocycles. The number of carbonyl (C=O) groups is 2. The van der Waals surface area contributed by atoms with Crippen molar-refractivity contribution in [2.75, 3.05) is 0 Å². The van der Waals surface area contributed by atoms with Gasteiger partial charge in [0.2, 0.25) is 5.91 Å². The summed E-state index contributed by atoms with van der Waals surface area (Å²) in [5.41, 5.74) is 1.35. The minimum atomic E-state index is -0.672. The van der Waals surface area contributed by atoms with Crippen LogP contribution in [-0.4, -0.2) is 28.4 Å². The molecular formula is C25H29Cl2NO3. The molecule has 1 aliphatic heterocycles. The molecular weight excluding hydrogens is 433 g/mol. The highest BCUT2D eigenvalue weighted by atomic mass is 35.5. The van der Waals surface area contributed by atoms with E-state index in [1.165, 1.54) is 0 Å². The van der Waals surface area contributed by atoms with Crippen molar-refractivity contribution in [2.24, 2.45) is 0 Å². The van der Waals surface area contributed by atoms with Gasteiger partial charge in [0.05, 0.1) is 6.04 Å². The number of hydrogen-bond acceptors (Lipinski definition) is 3. The number of carbonyl (C=O) groups excluding carboxylic acids is 2. The molecule has 0 aromatic heterocycles. The van der Waals surface area contributed by atoms with Gasteiger partial charge in [0.1, 0.15) is 11.6 Å². The fourth-order valence-corrected chi connectivity index (χ4v) is 4.59. The fraction of sp³-hybridized carbons (Fsp3) is 0.440. The largest absolute Gasteiger partial charge is 0.458 e. The van der Waals surface area contributed by atoms with Crippen LogP contribution in [-0.2, 0) is 14.3 Å². The Bertz CT molecular complexity index is 937. The SMILES string of the molecule is CCC(C(=O)OC(C)(C)C)N1C(=O)CC[C@H](c2cccc(Cl)c2)[C@H]1c1ccc(Cl)cc1. The molecule has 1 unspecified atom stereocenters. The molecule has 31 heavy (non-hydrogen) atoms. The third-order valence-electron chi connectivity index (χ3n) is 5.53. The predicted molar refractivity (Wildman–Crippen MR) is 124 cm³/mol. The van der Waals surface area contributed by atoms with E-state index in [1.807, 2.05) is 76.2 Å². The Hall–Kier alpha value is -2.04. The number of halogens is 2. The van der Waals surface area contributed by atoms with E-state index < -0.39 is 11.6 Å². The molecule has 0 spiro atoms. The Labute approximate surface area is 194 Å². The zero-order chi connectivity index (χ0) is 22.8. The summed E-state index contributed by atoms with van der Waals surface area (Å²) < 4.78 is 5.68. The molecule has 1 amide bonds. The number of hydrogen-bond donors (Lipinski definition) is 0. The molecule has 1 heterocycles. The van der Waals surface area contributed by atoms with E-state index >= 15 is 0 Å². The number of ether oxygens (including phenoxy) is 1. The van der Waals surface area contributed by atoms with Gasteiger partial charge in [0.25, 0.3) is 0 Å². The van der Waals surface area contributed by atoms with Gasteiger partial charge >= 0.3 is 5.97 Å². The Balaban J connectivity index is 2.09. The number of nitrogens with zero attached hydrogens (tertiary/aromatic N) is 1. The van der Waals surface area contributed by atoms with E-state index in [1.54, 1.807) is 4.90 Å². The first-order valence-corrected chi connectivity index (χ1v) is 11.4. The van der Waals surface area contributed by atoms with Gasteiger partial charge in [-0.1, -0.05) is 54.4 Å². The second-order valence-corrected chi connectivity index (χ2v) is 9.83. The first kappa shape index (κ1) is 23.6. The third-order valence-corrected chi connectivity index (χ3v) is 6.01. The van der Waals surface area contributed by atoms with Crippen molar-refractivity contribution in [1.82, 2.24) is 4.90 Å². The lowest BCUT2D eigenvalue weighted by atomic mass is 9.79. The zero-order valence-corrected chi connectivity index (χ0v) is 19.9. The fourth-order valence-electron chi connectivity index (χ4n) is 4.27. The maximum Gasteiger partial charge on any atom is 0.329 e. The topological polar surface area (TPSA) is 46.6 Å². The number of esters is 1. The lowest BCUT2D eigenvalue weighted by Crippen LogP contribution is -2.52. The molecule has 166 valence electrons. The van der Waals surface area contributed by atoms with Gasteiger partial charge in [-0.25, -0.2) is 4.79 Å². The first-order valence-electron chi connectivity index (χ1n) is 10.7. The minimum Gasteiger partial charge on any atom is -0.458 e. The molecule has 0 saturated carbocycles. The van der Waals surface area contributed by atoms with Crippen LogP contribution < -0.4 is 0 Å². The maximum atomic E-state index is 13.2. The van der Waals surface area contributed by atoms with Crippen LogP contribution in [0.15, 0.2) is 48.5 Å². The molecule has 1 saturated heterocycles. The van der Waals surface area contributed by atoms with Crippen LogP contribution in [0.5, 0.6) is 0 Å². The van der Waals surface area contributed by atoms with Crippen molar-refractivity contribution in [3.63, 3.8) is 0 Å². The molecule has 6 heteroatoms. The molecule has 0 aliphatic carbocycles. The Kier molecular flexibility index (Phi) is 7.33. The summed E-state index contributed by atoms with van der Waals surface area (Å²) in [5, 5.41) is 1.27. The van der Waals surface area contributed by atoms with Crippen molar-refractivity contribution < 1.29 is 14.3 Å². The summed E-state index contributed by atoms with van der Waals surface area (Å²) in [7, 11) is 0. The van der Waals surface area contributed by atoms with Crippen molar-refractivity contribution in [2.45, 2.75) is 70.6 Å². The van der Waals surface area contributed by atoms with Gasteiger partial charge in [-0.2, -0.15) is 0 Å². The lowest BCUT2D eigenvalue weighted by molar-refractivity contribution is -0.168. The molecule has 0 bridgehead atoms. The van der Waals surface area contributed by atoms with Gasteiger partial charge in [-0.05, 0) is 69.0 Å². The monoisotopic (exact) mass is 461 g/mol. The van der Waals surface area contributed by atoms with Gasteiger partial charge < -0.3 is 9.64 Å². The average Bonchev–Trinajstić information content (AvgIpc) is 2.69. The van der Waals surface area contributed by atoms with E-state index in [0.717, 1.165) is 11.1 Å². The molecule has 2 aromatic rings. The molecule has 0 radical (unpaired) electrons. The number of benzene rings is 2. The van der Waals surface area contributed by atoms with Crippen molar-refractivity contribution in [3.8, 4) is 0 Å². The highest BCUT2D eigenvalue weighted by molar-refractivity contribution is 6.30. The number of amides is 1. The summed E-state index contributed by atoms with van der Waals surface area (Å²) in [6.07, 6.45) is 1.50. The first-order chi connectivity index (χ1) is 14.6. The quantitative estimate of drug-likeness (QED) is 0.473. The Morgan fingerprint density at radius 3 is 2.35 bits per heavy atom. The van der Waals surface area contributed by atoms with E-state index in [-0.39, 0.29) is 23.8 Å². The summed E-state index contributed by atoms with van der Waals surface area (Å²) >= 11 is 12.4. The normalized spacial score (nSPS) is 20.5.